The van der Waals surface area contributed by atoms with Gasteiger partial charge in [-0.3, -0.25) is 0 Å². The quantitative estimate of drug-likeness (QED) is 0.813. The molecule has 0 saturated heterocycles. The monoisotopic (exact) mass is 296 g/mol. The van der Waals surface area contributed by atoms with E-state index >= 15 is 0 Å². The fourth-order valence-electron chi connectivity index (χ4n) is 1.61. The highest BCUT2D eigenvalue weighted by molar-refractivity contribution is 6.32. The minimum atomic E-state index is 0.0707. The van der Waals surface area contributed by atoms with Crippen molar-refractivity contribution in [3.05, 3.63) is 29.1 Å². The summed E-state index contributed by atoms with van der Waals surface area (Å²) >= 11 is 6.18. The first kappa shape index (κ1) is 14.8. The molecule has 0 unspecified atom stereocenters. The first-order valence-electron chi connectivity index (χ1n) is 6.47. The van der Waals surface area contributed by atoms with E-state index in [9.17, 15) is 0 Å². The predicted molar refractivity (Wildman–Crippen MR) is 75.8 cm³/mol. The van der Waals surface area contributed by atoms with Crippen LogP contribution in [0, 0.1) is 0 Å². The van der Waals surface area contributed by atoms with Gasteiger partial charge in [0.15, 0.2) is 0 Å². The number of aromatic nitrogens is 2. The van der Waals surface area contributed by atoms with Gasteiger partial charge >= 0.3 is 0 Å². The van der Waals surface area contributed by atoms with Crippen molar-refractivity contribution >= 4 is 11.6 Å². The normalized spacial score (nSPS) is 11.1. The maximum Gasteiger partial charge on any atom is 0.252 e. The van der Waals surface area contributed by atoms with Crippen molar-refractivity contribution in [1.29, 1.82) is 0 Å². The molecule has 0 amide bonds. The first-order valence-corrected chi connectivity index (χ1v) is 6.85. The molecule has 0 fully saturated rings. The molecule has 0 aliphatic rings. The van der Waals surface area contributed by atoms with Crippen LogP contribution in [-0.4, -0.2) is 22.9 Å². The number of ether oxygens (including phenoxy) is 2. The average molecular weight is 297 g/mol. The van der Waals surface area contributed by atoms with Crippen LogP contribution in [0.2, 0.25) is 5.02 Å². The average Bonchev–Trinajstić information content (AvgIpc) is 2.87. The lowest BCUT2D eigenvalue weighted by Gasteiger charge is -2.11. The Morgan fingerprint density at radius 1 is 1.35 bits per heavy atom. The molecular weight excluding hydrogens is 280 g/mol. The zero-order chi connectivity index (χ0) is 14.5. The highest BCUT2D eigenvalue weighted by atomic mass is 35.5. The van der Waals surface area contributed by atoms with Crippen molar-refractivity contribution in [2.24, 2.45) is 0 Å². The van der Waals surface area contributed by atoms with Crippen LogP contribution in [0.15, 0.2) is 22.7 Å². The van der Waals surface area contributed by atoms with Gasteiger partial charge in [0.1, 0.15) is 12.4 Å². The molecule has 0 aliphatic carbocycles. The second-order valence-electron chi connectivity index (χ2n) is 4.46. The van der Waals surface area contributed by atoms with Gasteiger partial charge in [-0.05, 0) is 39.0 Å². The Bertz CT molecular complexity index is 569. The third-order valence-electron chi connectivity index (χ3n) is 2.45. The van der Waals surface area contributed by atoms with Gasteiger partial charge < -0.3 is 14.0 Å². The Labute approximate surface area is 122 Å². The molecule has 6 heteroatoms. The van der Waals surface area contributed by atoms with Gasteiger partial charge in [0.05, 0.1) is 11.1 Å². The molecular formula is C14H17ClN2O3. The summed E-state index contributed by atoms with van der Waals surface area (Å²) in [5.74, 6) is 1.57. The van der Waals surface area contributed by atoms with Crippen LogP contribution < -0.4 is 4.74 Å². The minimum absolute atomic E-state index is 0.0707. The molecule has 0 atom stereocenters. The highest BCUT2D eigenvalue weighted by Crippen LogP contribution is 2.29. The summed E-state index contributed by atoms with van der Waals surface area (Å²) in [6, 6.07) is 5.41. The SMILES string of the molecule is CCOCc1nc(-c2ccc(OC(C)C)c(Cl)c2)no1. The van der Waals surface area contributed by atoms with Crippen LogP contribution >= 0.6 is 11.6 Å². The smallest absolute Gasteiger partial charge is 0.252 e. The molecule has 0 saturated carbocycles. The van der Waals surface area contributed by atoms with Crippen LogP contribution in [-0.2, 0) is 11.3 Å². The summed E-state index contributed by atoms with van der Waals surface area (Å²) in [7, 11) is 0. The minimum Gasteiger partial charge on any atom is -0.489 e. The second kappa shape index (κ2) is 6.72. The van der Waals surface area contributed by atoms with E-state index in [0.29, 0.717) is 35.7 Å². The summed E-state index contributed by atoms with van der Waals surface area (Å²) in [5.41, 5.74) is 0.776. The van der Waals surface area contributed by atoms with Crippen LogP contribution in [0.25, 0.3) is 11.4 Å². The molecule has 0 radical (unpaired) electrons. The Balaban J connectivity index is 2.16. The summed E-state index contributed by atoms with van der Waals surface area (Å²) in [4.78, 5) is 4.25. The van der Waals surface area contributed by atoms with Crippen molar-refractivity contribution in [1.82, 2.24) is 10.1 Å². The van der Waals surface area contributed by atoms with E-state index in [4.69, 9.17) is 25.6 Å². The number of hydrogen-bond donors (Lipinski definition) is 0. The number of hydrogen-bond acceptors (Lipinski definition) is 5. The Morgan fingerprint density at radius 2 is 2.15 bits per heavy atom. The lowest BCUT2D eigenvalue weighted by atomic mass is 10.2. The third-order valence-corrected chi connectivity index (χ3v) is 2.75. The molecule has 2 aromatic rings. The molecule has 1 aromatic carbocycles. The van der Waals surface area contributed by atoms with Gasteiger partial charge in [0, 0.05) is 12.2 Å². The van der Waals surface area contributed by atoms with E-state index in [1.807, 2.05) is 26.8 Å². The second-order valence-corrected chi connectivity index (χ2v) is 4.87. The number of halogens is 1. The van der Waals surface area contributed by atoms with E-state index in [0.717, 1.165) is 5.56 Å². The van der Waals surface area contributed by atoms with Crippen LogP contribution in [0.4, 0.5) is 0 Å². The van der Waals surface area contributed by atoms with Crippen molar-refractivity contribution in [3.63, 3.8) is 0 Å². The third kappa shape index (κ3) is 3.71. The molecule has 0 N–H and O–H groups in total. The molecule has 1 heterocycles. The summed E-state index contributed by atoms with van der Waals surface area (Å²) in [5, 5.41) is 4.43. The molecule has 20 heavy (non-hydrogen) atoms. The van der Waals surface area contributed by atoms with Crippen LogP contribution in [0.3, 0.4) is 0 Å². The summed E-state index contributed by atoms with van der Waals surface area (Å²) < 4.78 is 15.9. The topological polar surface area (TPSA) is 57.4 Å². The lowest BCUT2D eigenvalue weighted by Crippen LogP contribution is -2.05. The van der Waals surface area contributed by atoms with E-state index < -0.39 is 0 Å². The zero-order valence-corrected chi connectivity index (χ0v) is 12.5. The Hall–Kier alpha value is -1.59. The fraction of sp³-hybridized carbons (Fsp3) is 0.429. The zero-order valence-electron chi connectivity index (χ0n) is 11.7. The first-order chi connectivity index (χ1) is 9.60. The lowest BCUT2D eigenvalue weighted by molar-refractivity contribution is 0.109. The summed E-state index contributed by atoms with van der Waals surface area (Å²) in [6.07, 6.45) is 0.0707. The van der Waals surface area contributed by atoms with Crippen molar-refractivity contribution in [2.75, 3.05) is 6.61 Å². The van der Waals surface area contributed by atoms with Gasteiger partial charge in [-0.2, -0.15) is 4.98 Å². The molecule has 5 nitrogen and oxygen atoms in total. The predicted octanol–water partition coefficient (Wildman–Crippen LogP) is 3.71. The van der Waals surface area contributed by atoms with E-state index in [2.05, 4.69) is 10.1 Å². The van der Waals surface area contributed by atoms with E-state index in [1.54, 1.807) is 12.1 Å². The highest BCUT2D eigenvalue weighted by Gasteiger charge is 2.11. The Kier molecular flexibility index (Phi) is 4.98. The molecule has 108 valence electrons. The number of nitrogens with zero attached hydrogens (tertiary/aromatic N) is 2. The maximum atomic E-state index is 6.18. The molecule has 2 rings (SSSR count). The number of rotatable bonds is 6. The summed E-state index contributed by atoms with van der Waals surface area (Å²) in [6.45, 7) is 6.72. The Morgan fingerprint density at radius 3 is 2.80 bits per heavy atom. The molecule has 0 spiro atoms. The number of benzene rings is 1. The molecule has 0 aliphatic heterocycles. The van der Waals surface area contributed by atoms with E-state index in [1.165, 1.54) is 0 Å². The van der Waals surface area contributed by atoms with Gasteiger partial charge in [-0.1, -0.05) is 16.8 Å². The standard InChI is InChI=1S/C14H17ClN2O3/c1-4-18-8-13-16-14(17-20-13)10-5-6-12(11(15)7-10)19-9(2)3/h5-7,9H,4,8H2,1-3H3. The van der Waals surface area contributed by atoms with Gasteiger partial charge in [-0.15, -0.1) is 0 Å². The largest absolute Gasteiger partial charge is 0.489 e. The van der Waals surface area contributed by atoms with E-state index in [-0.39, 0.29) is 6.10 Å². The van der Waals surface area contributed by atoms with Gasteiger partial charge in [0.2, 0.25) is 5.82 Å². The van der Waals surface area contributed by atoms with Gasteiger partial charge in [-0.25, -0.2) is 0 Å². The molecule has 0 bridgehead atoms. The van der Waals surface area contributed by atoms with Crippen LogP contribution in [0.5, 0.6) is 5.75 Å². The van der Waals surface area contributed by atoms with Crippen molar-refractivity contribution < 1.29 is 14.0 Å². The fourth-order valence-corrected chi connectivity index (χ4v) is 1.83. The van der Waals surface area contributed by atoms with Gasteiger partial charge in [0.25, 0.3) is 5.89 Å². The van der Waals surface area contributed by atoms with Crippen LogP contribution in [0.1, 0.15) is 26.7 Å². The maximum absolute atomic E-state index is 6.18. The molecule has 1 aromatic heterocycles. The van der Waals surface area contributed by atoms with Crippen molar-refractivity contribution in [3.8, 4) is 17.1 Å². The van der Waals surface area contributed by atoms with Crippen molar-refractivity contribution in [2.45, 2.75) is 33.5 Å².